The summed E-state index contributed by atoms with van der Waals surface area (Å²) in [5, 5.41) is 8.81. The zero-order chi connectivity index (χ0) is 22.6. The highest BCUT2D eigenvalue weighted by Gasteiger charge is 2.20. The van der Waals surface area contributed by atoms with Gasteiger partial charge < -0.3 is 9.64 Å². The van der Waals surface area contributed by atoms with Gasteiger partial charge in [-0.15, -0.1) is 10.2 Å². The third kappa shape index (κ3) is 5.02. The van der Waals surface area contributed by atoms with E-state index in [9.17, 15) is 8.42 Å². The molecule has 1 saturated heterocycles. The Hall–Kier alpha value is -3.13. The normalized spacial score (nSPS) is 14.6. The second-order valence-corrected chi connectivity index (χ2v) is 9.67. The predicted molar refractivity (Wildman–Crippen MR) is 127 cm³/mol. The molecule has 168 valence electrons. The summed E-state index contributed by atoms with van der Waals surface area (Å²) in [6.45, 7) is 3.88. The van der Waals surface area contributed by atoms with Crippen LogP contribution in [0.5, 0.6) is 5.75 Å². The molecule has 8 heteroatoms. The van der Waals surface area contributed by atoms with Crippen LogP contribution in [0.2, 0.25) is 0 Å². The molecular formula is C24H28N4O3S. The van der Waals surface area contributed by atoms with Crippen molar-refractivity contribution in [3.05, 3.63) is 60.2 Å². The minimum Gasteiger partial charge on any atom is -0.495 e. The lowest BCUT2D eigenvalue weighted by Gasteiger charge is -2.20. The molecule has 0 atom stereocenters. The van der Waals surface area contributed by atoms with E-state index in [0.29, 0.717) is 11.4 Å². The lowest BCUT2D eigenvalue weighted by atomic mass is 10.1. The number of methoxy groups -OCH3 is 1. The zero-order valence-electron chi connectivity index (χ0n) is 18.4. The van der Waals surface area contributed by atoms with Gasteiger partial charge in [-0.1, -0.05) is 31.0 Å². The third-order valence-corrected chi connectivity index (χ3v) is 7.02. The fourth-order valence-electron chi connectivity index (χ4n) is 3.86. The Morgan fingerprint density at radius 2 is 1.62 bits per heavy atom. The fraction of sp³-hybridized carbons (Fsp3) is 0.333. The fourth-order valence-corrected chi connectivity index (χ4v) is 5.17. The number of hydrogen-bond donors (Lipinski definition) is 1. The van der Waals surface area contributed by atoms with Gasteiger partial charge in [0.2, 0.25) is 0 Å². The maximum Gasteiger partial charge on any atom is 0.265 e. The number of sulfonamides is 1. The van der Waals surface area contributed by atoms with Crippen LogP contribution in [-0.2, 0) is 10.0 Å². The largest absolute Gasteiger partial charge is 0.495 e. The molecule has 1 N–H and O–H groups in total. The monoisotopic (exact) mass is 452 g/mol. The van der Waals surface area contributed by atoms with E-state index in [-0.39, 0.29) is 4.90 Å². The Kier molecular flexibility index (Phi) is 6.60. The second-order valence-electron chi connectivity index (χ2n) is 8.02. The third-order valence-electron chi connectivity index (χ3n) is 5.62. The summed E-state index contributed by atoms with van der Waals surface area (Å²) >= 11 is 0. The molecule has 1 aromatic heterocycles. The van der Waals surface area contributed by atoms with E-state index in [0.717, 1.165) is 35.7 Å². The van der Waals surface area contributed by atoms with Gasteiger partial charge >= 0.3 is 0 Å². The number of benzene rings is 2. The summed E-state index contributed by atoms with van der Waals surface area (Å²) in [5.74, 6) is 1.21. The first-order chi connectivity index (χ1) is 15.5. The van der Waals surface area contributed by atoms with E-state index in [1.807, 2.05) is 37.3 Å². The van der Waals surface area contributed by atoms with Gasteiger partial charge in [0.15, 0.2) is 5.82 Å². The van der Waals surface area contributed by atoms with Gasteiger partial charge in [-0.3, -0.25) is 4.72 Å². The minimum absolute atomic E-state index is 0.110. The first-order valence-electron chi connectivity index (χ1n) is 10.8. The lowest BCUT2D eigenvalue weighted by molar-refractivity contribution is 0.402. The molecule has 4 rings (SSSR count). The topological polar surface area (TPSA) is 84.4 Å². The van der Waals surface area contributed by atoms with Crippen LogP contribution in [0.3, 0.4) is 0 Å². The Morgan fingerprint density at radius 3 is 2.25 bits per heavy atom. The number of aromatic nitrogens is 2. The van der Waals surface area contributed by atoms with Gasteiger partial charge in [-0.2, -0.15) is 0 Å². The van der Waals surface area contributed by atoms with E-state index in [2.05, 4.69) is 19.8 Å². The number of anilines is 2. The Balaban J connectivity index is 1.49. The van der Waals surface area contributed by atoms with Crippen LogP contribution in [-0.4, -0.2) is 38.8 Å². The van der Waals surface area contributed by atoms with Gasteiger partial charge in [-0.05, 0) is 61.7 Å². The first-order valence-corrected chi connectivity index (χ1v) is 12.3. The summed E-state index contributed by atoms with van der Waals surface area (Å²) in [7, 11) is -2.33. The maximum absolute atomic E-state index is 12.9. The van der Waals surface area contributed by atoms with Crippen molar-refractivity contribution < 1.29 is 13.2 Å². The Labute approximate surface area is 189 Å². The van der Waals surface area contributed by atoms with Crippen molar-refractivity contribution >= 4 is 21.5 Å². The molecule has 0 aliphatic carbocycles. The molecule has 0 unspecified atom stereocenters. The van der Waals surface area contributed by atoms with E-state index >= 15 is 0 Å². The average Bonchev–Trinajstić information content (AvgIpc) is 3.09. The zero-order valence-corrected chi connectivity index (χ0v) is 19.2. The number of aryl methyl sites for hydroxylation is 1. The molecule has 0 bridgehead atoms. The van der Waals surface area contributed by atoms with Crippen LogP contribution in [0.15, 0.2) is 59.5 Å². The standard InChI is InChI=1S/C24H28N4O3S/c1-18-7-13-22(31-2)23(17-18)32(29,30)27-20-10-8-19(9-11-20)21-12-14-24(26-25-21)28-15-5-3-4-6-16-28/h7-14,17,27H,3-6,15-16H2,1-2H3. The van der Waals surface area contributed by atoms with Gasteiger partial charge in [0.1, 0.15) is 10.6 Å². The van der Waals surface area contributed by atoms with Crippen LogP contribution in [0.4, 0.5) is 11.5 Å². The minimum atomic E-state index is -3.79. The van der Waals surface area contributed by atoms with Crippen LogP contribution < -0.4 is 14.4 Å². The van der Waals surface area contributed by atoms with Crippen LogP contribution in [0.1, 0.15) is 31.2 Å². The Bertz CT molecular complexity index is 1150. The molecular weight excluding hydrogens is 424 g/mol. The molecule has 3 aromatic rings. The number of nitrogens with zero attached hydrogens (tertiary/aromatic N) is 3. The van der Waals surface area contributed by atoms with Crippen molar-refractivity contribution in [2.24, 2.45) is 0 Å². The number of ether oxygens (including phenoxy) is 1. The van der Waals surface area contributed by atoms with Gasteiger partial charge in [0, 0.05) is 24.3 Å². The van der Waals surface area contributed by atoms with Crippen LogP contribution >= 0.6 is 0 Å². The van der Waals surface area contributed by atoms with E-state index in [4.69, 9.17) is 4.74 Å². The molecule has 0 spiro atoms. The van der Waals surface area contributed by atoms with Crippen LogP contribution in [0, 0.1) is 6.92 Å². The molecule has 32 heavy (non-hydrogen) atoms. The molecule has 2 aromatic carbocycles. The summed E-state index contributed by atoms with van der Waals surface area (Å²) in [4.78, 5) is 2.40. The highest BCUT2D eigenvalue weighted by atomic mass is 32.2. The number of rotatable bonds is 6. The predicted octanol–water partition coefficient (Wildman–Crippen LogP) is 4.64. The SMILES string of the molecule is COc1ccc(C)cc1S(=O)(=O)Nc1ccc(-c2ccc(N3CCCCCC3)nn2)cc1. The molecule has 7 nitrogen and oxygen atoms in total. The molecule has 1 aliphatic heterocycles. The smallest absolute Gasteiger partial charge is 0.265 e. The van der Waals surface area contributed by atoms with Gasteiger partial charge in [-0.25, -0.2) is 8.42 Å². The highest BCUT2D eigenvalue weighted by molar-refractivity contribution is 7.92. The molecule has 1 fully saturated rings. The van der Waals surface area contributed by atoms with Crippen molar-refractivity contribution in [2.45, 2.75) is 37.5 Å². The van der Waals surface area contributed by atoms with Crippen LogP contribution in [0.25, 0.3) is 11.3 Å². The molecule has 1 aliphatic rings. The molecule has 0 saturated carbocycles. The summed E-state index contributed by atoms with van der Waals surface area (Å²) < 4.78 is 33.6. The Morgan fingerprint density at radius 1 is 0.906 bits per heavy atom. The first kappa shape index (κ1) is 22.1. The lowest BCUT2D eigenvalue weighted by Crippen LogP contribution is -2.25. The van der Waals surface area contributed by atoms with E-state index < -0.39 is 10.0 Å². The molecule has 0 amide bonds. The number of hydrogen-bond acceptors (Lipinski definition) is 6. The van der Waals surface area contributed by atoms with Crippen molar-refractivity contribution in [2.75, 3.05) is 29.8 Å². The van der Waals surface area contributed by atoms with Crippen molar-refractivity contribution in [1.82, 2.24) is 10.2 Å². The van der Waals surface area contributed by atoms with Crippen molar-refractivity contribution in [3.63, 3.8) is 0 Å². The molecule has 0 radical (unpaired) electrons. The summed E-state index contributed by atoms with van der Waals surface area (Å²) in [6.07, 6.45) is 4.92. The highest BCUT2D eigenvalue weighted by Crippen LogP contribution is 2.28. The quantitative estimate of drug-likeness (QED) is 0.586. The van der Waals surface area contributed by atoms with E-state index in [1.54, 1.807) is 24.3 Å². The van der Waals surface area contributed by atoms with Crippen molar-refractivity contribution in [1.29, 1.82) is 0 Å². The van der Waals surface area contributed by atoms with Crippen molar-refractivity contribution in [3.8, 4) is 17.0 Å². The van der Waals surface area contributed by atoms with Gasteiger partial charge in [0.25, 0.3) is 10.0 Å². The summed E-state index contributed by atoms with van der Waals surface area (Å²) in [5.41, 5.74) is 2.92. The average molecular weight is 453 g/mol. The number of nitrogens with one attached hydrogen (secondary N) is 1. The maximum atomic E-state index is 12.9. The van der Waals surface area contributed by atoms with Gasteiger partial charge in [0.05, 0.1) is 12.8 Å². The molecule has 2 heterocycles. The second kappa shape index (κ2) is 9.56. The summed E-state index contributed by atoms with van der Waals surface area (Å²) in [6, 6.07) is 16.1. The van der Waals surface area contributed by atoms with E-state index in [1.165, 1.54) is 32.8 Å².